The van der Waals surface area contributed by atoms with Crippen molar-refractivity contribution in [3.8, 4) is 5.75 Å². The van der Waals surface area contributed by atoms with Crippen LogP contribution in [0.15, 0.2) is 30.3 Å². The van der Waals surface area contributed by atoms with Gasteiger partial charge in [0.15, 0.2) is 0 Å². The second-order valence-electron chi connectivity index (χ2n) is 4.45. The average Bonchev–Trinajstić information content (AvgIpc) is 2.37. The number of hydrogen-bond donors (Lipinski definition) is 2. The molecule has 1 aromatic rings. The van der Waals surface area contributed by atoms with E-state index in [2.05, 4.69) is 19.2 Å². The maximum atomic E-state index is 9.71. The molecule has 1 rings (SSSR count). The fourth-order valence-corrected chi connectivity index (χ4v) is 1.41. The predicted octanol–water partition coefficient (Wildman–Crippen LogP) is 2.06. The highest BCUT2D eigenvalue weighted by molar-refractivity contribution is 5.20. The summed E-state index contributed by atoms with van der Waals surface area (Å²) in [6.07, 6.45) is 0.697. The molecule has 2 atom stereocenters. The number of aliphatic hydroxyl groups excluding tert-OH is 1. The highest BCUT2D eigenvalue weighted by atomic mass is 16.5. The van der Waals surface area contributed by atoms with Gasteiger partial charge in [0, 0.05) is 6.54 Å². The van der Waals surface area contributed by atoms with Crippen LogP contribution in [0.3, 0.4) is 0 Å². The predicted molar refractivity (Wildman–Crippen MR) is 70.3 cm³/mol. The van der Waals surface area contributed by atoms with E-state index >= 15 is 0 Å². The van der Waals surface area contributed by atoms with Crippen molar-refractivity contribution in [1.29, 1.82) is 0 Å². The van der Waals surface area contributed by atoms with Gasteiger partial charge >= 0.3 is 0 Å². The zero-order chi connectivity index (χ0) is 12.5. The van der Waals surface area contributed by atoms with Crippen molar-refractivity contribution in [3.63, 3.8) is 0 Å². The van der Waals surface area contributed by atoms with Crippen molar-refractivity contribution in [3.05, 3.63) is 30.3 Å². The molecule has 3 heteroatoms. The fraction of sp³-hybridized carbons (Fsp3) is 0.571. The number of hydrogen-bond acceptors (Lipinski definition) is 3. The van der Waals surface area contributed by atoms with E-state index in [0.717, 1.165) is 18.7 Å². The molecule has 0 saturated heterocycles. The molecule has 0 fully saturated rings. The van der Waals surface area contributed by atoms with Crippen molar-refractivity contribution in [1.82, 2.24) is 5.32 Å². The quantitative estimate of drug-likeness (QED) is 0.727. The second-order valence-corrected chi connectivity index (χ2v) is 4.45. The molecule has 0 heterocycles. The number of ether oxygens (including phenoxy) is 1. The molecule has 0 aliphatic rings. The lowest BCUT2D eigenvalue weighted by Gasteiger charge is -2.15. The summed E-state index contributed by atoms with van der Waals surface area (Å²) in [5.74, 6) is 1.45. The van der Waals surface area contributed by atoms with Crippen LogP contribution in [0.5, 0.6) is 5.75 Å². The molecule has 0 saturated carbocycles. The summed E-state index contributed by atoms with van der Waals surface area (Å²) in [6, 6.07) is 9.56. The van der Waals surface area contributed by atoms with E-state index in [0.29, 0.717) is 19.1 Å². The van der Waals surface area contributed by atoms with E-state index in [1.165, 1.54) is 0 Å². The van der Waals surface area contributed by atoms with Crippen LogP contribution in [0.4, 0.5) is 0 Å². The van der Waals surface area contributed by atoms with E-state index in [1.54, 1.807) is 0 Å². The van der Waals surface area contributed by atoms with Gasteiger partial charge in [0.05, 0.1) is 0 Å². The van der Waals surface area contributed by atoms with Crippen molar-refractivity contribution >= 4 is 0 Å². The number of para-hydroxylation sites is 1. The summed E-state index contributed by atoms with van der Waals surface area (Å²) in [5.41, 5.74) is 0. The van der Waals surface area contributed by atoms with Gasteiger partial charge in [-0.2, -0.15) is 0 Å². The third kappa shape index (κ3) is 6.29. The summed E-state index contributed by atoms with van der Waals surface area (Å²) < 4.78 is 5.46. The van der Waals surface area contributed by atoms with E-state index < -0.39 is 6.10 Å². The van der Waals surface area contributed by atoms with Gasteiger partial charge in [-0.3, -0.25) is 0 Å². The smallest absolute Gasteiger partial charge is 0.119 e. The first-order valence-corrected chi connectivity index (χ1v) is 6.29. The molecule has 0 aromatic heterocycles. The van der Waals surface area contributed by atoms with E-state index in [1.807, 2.05) is 30.3 Å². The zero-order valence-corrected chi connectivity index (χ0v) is 10.7. The Morgan fingerprint density at radius 2 is 1.94 bits per heavy atom. The molecular formula is C14H23NO2. The lowest BCUT2D eigenvalue weighted by atomic mass is 10.1. The molecule has 0 radical (unpaired) electrons. The van der Waals surface area contributed by atoms with Gasteiger partial charge in [-0.05, 0) is 24.6 Å². The Hall–Kier alpha value is -1.06. The number of rotatable bonds is 8. The summed E-state index contributed by atoms with van der Waals surface area (Å²) >= 11 is 0. The molecule has 2 unspecified atom stereocenters. The first kappa shape index (κ1) is 14.0. The molecule has 0 amide bonds. The minimum absolute atomic E-state index is 0.331. The highest BCUT2D eigenvalue weighted by Gasteiger charge is 2.05. The van der Waals surface area contributed by atoms with Crippen molar-refractivity contribution in [2.24, 2.45) is 5.92 Å². The molecule has 1 aromatic carbocycles. The Kier molecular flexibility index (Phi) is 6.67. The molecule has 0 spiro atoms. The van der Waals surface area contributed by atoms with Gasteiger partial charge in [-0.15, -0.1) is 0 Å². The second kappa shape index (κ2) is 8.09. The van der Waals surface area contributed by atoms with E-state index in [9.17, 15) is 5.11 Å². The van der Waals surface area contributed by atoms with Gasteiger partial charge in [0.1, 0.15) is 18.5 Å². The molecule has 2 N–H and O–H groups in total. The Labute approximate surface area is 104 Å². The van der Waals surface area contributed by atoms with E-state index in [4.69, 9.17) is 4.74 Å². The topological polar surface area (TPSA) is 41.5 Å². The number of benzene rings is 1. The third-order valence-electron chi connectivity index (χ3n) is 2.76. The standard InChI is InChI=1S/C14H23NO2/c1-3-12(2)9-15-10-13(16)11-17-14-7-5-4-6-8-14/h4-8,12-13,15-16H,3,9-11H2,1-2H3. The molecule has 0 aliphatic carbocycles. The van der Waals surface area contributed by atoms with Crippen LogP contribution >= 0.6 is 0 Å². The monoisotopic (exact) mass is 237 g/mol. The first-order valence-electron chi connectivity index (χ1n) is 6.29. The molecule has 96 valence electrons. The number of aliphatic hydroxyl groups is 1. The molecule has 0 aliphatic heterocycles. The van der Waals surface area contributed by atoms with Crippen molar-refractivity contribution in [2.75, 3.05) is 19.7 Å². The van der Waals surface area contributed by atoms with Crippen LogP contribution in [0.25, 0.3) is 0 Å². The van der Waals surface area contributed by atoms with Crippen molar-refractivity contribution in [2.45, 2.75) is 26.4 Å². The molecule has 17 heavy (non-hydrogen) atoms. The van der Waals surface area contributed by atoms with Crippen LogP contribution in [0, 0.1) is 5.92 Å². The summed E-state index contributed by atoms with van der Waals surface area (Å²) in [7, 11) is 0. The normalized spacial score (nSPS) is 14.3. The lowest BCUT2D eigenvalue weighted by molar-refractivity contribution is 0.105. The van der Waals surface area contributed by atoms with Crippen molar-refractivity contribution < 1.29 is 9.84 Å². The van der Waals surface area contributed by atoms with Crippen LogP contribution in [-0.2, 0) is 0 Å². The van der Waals surface area contributed by atoms with Gasteiger partial charge in [-0.1, -0.05) is 38.5 Å². The summed E-state index contributed by atoms with van der Waals surface area (Å²) in [5, 5.41) is 13.0. The molecule has 0 bridgehead atoms. The maximum absolute atomic E-state index is 9.71. The Morgan fingerprint density at radius 3 is 2.59 bits per heavy atom. The largest absolute Gasteiger partial charge is 0.491 e. The van der Waals surface area contributed by atoms with Crippen LogP contribution in [0.1, 0.15) is 20.3 Å². The van der Waals surface area contributed by atoms with Gasteiger partial charge in [-0.25, -0.2) is 0 Å². The molecular weight excluding hydrogens is 214 g/mol. The van der Waals surface area contributed by atoms with Crippen LogP contribution < -0.4 is 10.1 Å². The average molecular weight is 237 g/mol. The fourth-order valence-electron chi connectivity index (χ4n) is 1.41. The summed E-state index contributed by atoms with van der Waals surface area (Å²) in [4.78, 5) is 0. The Morgan fingerprint density at radius 1 is 1.24 bits per heavy atom. The molecule has 3 nitrogen and oxygen atoms in total. The minimum atomic E-state index is -0.459. The maximum Gasteiger partial charge on any atom is 0.119 e. The minimum Gasteiger partial charge on any atom is -0.491 e. The van der Waals surface area contributed by atoms with Gasteiger partial charge in [0.2, 0.25) is 0 Å². The lowest BCUT2D eigenvalue weighted by Crippen LogP contribution is -2.33. The van der Waals surface area contributed by atoms with Crippen LogP contribution in [-0.4, -0.2) is 30.9 Å². The third-order valence-corrected chi connectivity index (χ3v) is 2.76. The Balaban J connectivity index is 2.11. The summed E-state index contributed by atoms with van der Waals surface area (Å²) in [6.45, 7) is 6.22. The van der Waals surface area contributed by atoms with E-state index in [-0.39, 0.29) is 0 Å². The van der Waals surface area contributed by atoms with Crippen LogP contribution in [0.2, 0.25) is 0 Å². The number of nitrogens with one attached hydrogen (secondary N) is 1. The Bertz CT molecular complexity index is 290. The van der Waals surface area contributed by atoms with Gasteiger partial charge < -0.3 is 15.2 Å². The van der Waals surface area contributed by atoms with Gasteiger partial charge in [0.25, 0.3) is 0 Å². The first-order chi connectivity index (χ1) is 8.22. The SMILES string of the molecule is CCC(C)CNCC(O)COc1ccccc1. The highest BCUT2D eigenvalue weighted by Crippen LogP contribution is 2.08. The zero-order valence-electron chi connectivity index (χ0n) is 10.7.